The molecular weight excluding hydrogens is 562 g/mol. The first kappa shape index (κ1) is 32.3. The zero-order valence-electron chi connectivity index (χ0n) is 23.0. The van der Waals surface area contributed by atoms with Crippen LogP contribution in [-0.4, -0.2) is 80.1 Å². The fourth-order valence-corrected chi connectivity index (χ4v) is 4.42. The van der Waals surface area contributed by atoms with Crippen molar-refractivity contribution in [1.82, 2.24) is 20.9 Å². The summed E-state index contributed by atoms with van der Waals surface area (Å²) in [6.07, 6.45) is -0.0894. The molecule has 3 amide bonds. The van der Waals surface area contributed by atoms with E-state index in [1.54, 1.807) is 36.5 Å². The molecule has 0 saturated carbocycles. The van der Waals surface area contributed by atoms with Crippen LogP contribution in [0.5, 0.6) is 0 Å². The summed E-state index contributed by atoms with van der Waals surface area (Å²) in [5, 5.41) is 35.6. The van der Waals surface area contributed by atoms with Crippen molar-refractivity contribution in [2.45, 2.75) is 56.3 Å². The van der Waals surface area contributed by atoms with E-state index in [1.165, 1.54) is 0 Å². The van der Waals surface area contributed by atoms with Crippen molar-refractivity contribution >= 4 is 46.5 Å². The van der Waals surface area contributed by atoms with Crippen LogP contribution in [0.25, 0.3) is 10.9 Å². The molecule has 228 valence electrons. The van der Waals surface area contributed by atoms with Crippen LogP contribution in [0.1, 0.15) is 30.4 Å². The number of H-pyrrole nitrogens is 1. The van der Waals surface area contributed by atoms with Crippen LogP contribution in [0, 0.1) is 0 Å². The number of aliphatic carboxylic acids is 3. The normalized spacial score (nSPS) is 13.7. The zero-order valence-corrected chi connectivity index (χ0v) is 23.0. The first-order valence-corrected chi connectivity index (χ1v) is 13.4. The van der Waals surface area contributed by atoms with E-state index in [2.05, 4.69) is 20.9 Å². The monoisotopic (exact) mass is 595 g/mol. The minimum atomic E-state index is -1.62. The SMILES string of the molecule is NC(Cc1c[nH]c2ccccc12)C(=O)NC(CC(=O)O)C(=O)NC(Cc1ccccc1)C(=O)NC(CCC(=O)O)C(=O)O. The van der Waals surface area contributed by atoms with Crippen molar-refractivity contribution in [2.75, 3.05) is 0 Å². The summed E-state index contributed by atoms with van der Waals surface area (Å²) in [6.45, 7) is 0. The predicted molar refractivity (Wildman–Crippen MR) is 153 cm³/mol. The number of hydrogen-bond donors (Lipinski definition) is 8. The second-order valence-electron chi connectivity index (χ2n) is 9.91. The van der Waals surface area contributed by atoms with Gasteiger partial charge < -0.3 is 42.0 Å². The minimum absolute atomic E-state index is 0.0865. The van der Waals surface area contributed by atoms with Crippen molar-refractivity contribution in [2.24, 2.45) is 5.73 Å². The number of aromatic nitrogens is 1. The molecule has 3 rings (SSSR count). The Morgan fingerprint density at radius 2 is 1.33 bits per heavy atom. The van der Waals surface area contributed by atoms with Gasteiger partial charge in [0.2, 0.25) is 17.7 Å². The van der Waals surface area contributed by atoms with E-state index in [0.717, 1.165) is 16.5 Å². The average Bonchev–Trinajstić information content (AvgIpc) is 3.36. The summed E-state index contributed by atoms with van der Waals surface area (Å²) in [4.78, 5) is 76.5. The summed E-state index contributed by atoms with van der Waals surface area (Å²) in [7, 11) is 0. The highest BCUT2D eigenvalue weighted by Crippen LogP contribution is 2.19. The molecule has 43 heavy (non-hydrogen) atoms. The fraction of sp³-hybridized carbons (Fsp3) is 0.310. The van der Waals surface area contributed by atoms with Gasteiger partial charge in [0.15, 0.2) is 0 Å². The van der Waals surface area contributed by atoms with Crippen LogP contribution in [0.4, 0.5) is 0 Å². The molecule has 1 aromatic heterocycles. The second kappa shape index (κ2) is 15.1. The molecule has 4 unspecified atom stereocenters. The van der Waals surface area contributed by atoms with Crippen molar-refractivity contribution < 1.29 is 44.1 Å². The quantitative estimate of drug-likeness (QED) is 0.111. The van der Waals surface area contributed by atoms with Crippen molar-refractivity contribution in [3.05, 3.63) is 71.9 Å². The molecule has 0 radical (unpaired) electrons. The number of carbonyl (C=O) groups excluding carboxylic acids is 3. The summed E-state index contributed by atoms with van der Waals surface area (Å²) in [6, 6.07) is 10.1. The maximum atomic E-state index is 13.3. The Morgan fingerprint density at radius 3 is 1.98 bits per heavy atom. The van der Waals surface area contributed by atoms with Gasteiger partial charge >= 0.3 is 17.9 Å². The number of rotatable bonds is 16. The summed E-state index contributed by atoms with van der Waals surface area (Å²) < 4.78 is 0. The average molecular weight is 596 g/mol. The molecule has 14 nitrogen and oxygen atoms in total. The number of fused-ring (bicyclic) bond motifs is 1. The molecule has 4 atom stereocenters. The van der Waals surface area contributed by atoms with Crippen LogP contribution in [0.3, 0.4) is 0 Å². The molecule has 9 N–H and O–H groups in total. The van der Waals surface area contributed by atoms with E-state index in [0.29, 0.717) is 5.56 Å². The third-order valence-corrected chi connectivity index (χ3v) is 6.64. The second-order valence-corrected chi connectivity index (χ2v) is 9.91. The topological polar surface area (TPSA) is 241 Å². The first-order valence-electron chi connectivity index (χ1n) is 13.4. The first-order chi connectivity index (χ1) is 20.4. The van der Waals surface area contributed by atoms with Crippen molar-refractivity contribution in [3.8, 4) is 0 Å². The molecule has 2 aromatic carbocycles. The lowest BCUT2D eigenvalue weighted by Crippen LogP contribution is -2.58. The summed E-state index contributed by atoms with van der Waals surface area (Å²) >= 11 is 0. The Bertz CT molecular complexity index is 1470. The molecule has 0 bridgehead atoms. The van der Waals surface area contributed by atoms with Crippen LogP contribution in [0.15, 0.2) is 60.8 Å². The van der Waals surface area contributed by atoms with Crippen molar-refractivity contribution in [3.63, 3.8) is 0 Å². The molecule has 0 fully saturated rings. The van der Waals surface area contributed by atoms with E-state index in [-0.39, 0.29) is 12.8 Å². The molecule has 14 heteroatoms. The van der Waals surface area contributed by atoms with Crippen LogP contribution >= 0.6 is 0 Å². The Labute approximate surface area is 245 Å². The Kier molecular flexibility index (Phi) is 11.3. The third kappa shape index (κ3) is 9.67. The zero-order chi connectivity index (χ0) is 31.5. The number of carboxylic acids is 3. The lowest BCUT2D eigenvalue weighted by Gasteiger charge is -2.25. The van der Waals surface area contributed by atoms with E-state index in [1.807, 2.05) is 24.3 Å². The van der Waals surface area contributed by atoms with Gasteiger partial charge in [-0.05, 0) is 30.0 Å². The van der Waals surface area contributed by atoms with Gasteiger partial charge in [0.1, 0.15) is 18.1 Å². The number of hydrogen-bond acceptors (Lipinski definition) is 7. The van der Waals surface area contributed by atoms with Crippen LogP contribution in [-0.2, 0) is 41.6 Å². The van der Waals surface area contributed by atoms with Crippen LogP contribution in [0.2, 0.25) is 0 Å². The summed E-state index contributed by atoms with van der Waals surface area (Å²) in [5.41, 5.74) is 8.26. The standard InChI is InChI=1S/C29H33N5O9/c30-19(13-17-15-31-20-9-5-4-8-18(17)20)26(39)33-23(14-25(37)38)28(41)34-22(12-16-6-2-1-3-7-16)27(40)32-21(29(42)43)10-11-24(35)36/h1-9,15,19,21-23,31H,10-14,30H2,(H,32,40)(H,33,39)(H,34,41)(H,35,36)(H,37,38)(H,42,43). The number of benzene rings is 2. The number of para-hydroxylation sites is 1. The van der Waals surface area contributed by atoms with Gasteiger partial charge in [-0.2, -0.15) is 0 Å². The lowest BCUT2D eigenvalue weighted by atomic mass is 10.0. The molecular formula is C29H33N5O9. The minimum Gasteiger partial charge on any atom is -0.481 e. The van der Waals surface area contributed by atoms with Gasteiger partial charge in [0.05, 0.1) is 12.5 Å². The Hall–Kier alpha value is -5.24. The number of nitrogens with one attached hydrogen (secondary N) is 4. The molecule has 0 spiro atoms. The smallest absolute Gasteiger partial charge is 0.326 e. The van der Waals surface area contributed by atoms with E-state index >= 15 is 0 Å². The fourth-order valence-electron chi connectivity index (χ4n) is 4.42. The Morgan fingerprint density at radius 1 is 0.721 bits per heavy atom. The highest BCUT2D eigenvalue weighted by molar-refractivity contribution is 5.96. The largest absolute Gasteiger partial charge is 0.481 e. The molecule has 0 aliphatic rings. The maximum Gasteiger partial charge on any atom is 0.326 e. The highest BCUT2D eigenvalue weighted by Gasteiger charge is 2.32. The van der Waals surface area contributed by atoms with Gasteiger partial charge in [0, 0.05) is 29.9 Å². The number of amides is 3. The van der Waals surface area contributed by atoms with Gasteiger partial charge in [0.25, 0.3) is 0 Å². The van der Waals surface area contributed by atoms with E-state index < -0.39 is 79.1 Å². The number of carbonyl (C=O) groups is 6. The third-order valence-electron chi connectivity index (χ3n) is 6.64. The molecule has 0 aliphatic carbocycles. The maximum absolute atomic E-state index is 13.3. The summed E-state index contributed by atoms with van der Waals surface area (Å²) in [5.74, 6) is -6.89. The van der Waals surface area contributed by atoms with Crippen LogP contribution < -0.4 is 21.7 Å². The van der Waals surface area contributed by atoms with E-state index in [9.17, 15) is 39.0 Å². The molecule has 0 saturated heterocycles. The number of nitrogens with two attached hydrogens (primary N) is 1. The highest BCUT2D eigenvalue weighted by atomic mass is 16.4. The number of carboxylic acid groups (broad SMARTS) is 3. The molecule has 1 heterocycles. The van der Waals surface area contributed by atoms with Gasteiger partial charge in [-0.15, -0.1) is 0 Å². The molecule has 3 aromatic rings. The Balaban J connectivity index is 1.75. The van der Waals surface area contributed by atoms with Crippen molar-refractivity contribution in [1.29, 1.82) is 0 Å². The van der Waals surface area contributed by atoms with E-state index in [4.69, 9.17) is 10.8 Å². The predicted octanol–water partition coefficient (Wildman–Crippen LogP) is 0.159. The van der Waals surface area contributed by atoms with Gasteiger partial charge in [-0.1, -0.05) is 48.5 Å². The van der Waals surface area contributed by atoms with Gasteiger partial charge in [-0.25, -0.2) is 4.79 Å². The number of aromatic amines is 1. The molecule has 0 aliphatic heterocycles. The lowest BCUT2D eigenvalue weighted by molar-refractivity contribution is -0.144. The van der Waals surface area contributed by atoms with Gasteiger partial charge in [-0.3, -0.25) is 24.0 Å².